The molecule has 2 aromatic carbocycles. The lowest BCUT2D eigenvalue weighted by Crippen LogP contribution is -2.21. The highest BCUT2D eigenvalue weighted by molar-refractivity contribution is 9.10. The molecule has 104 valence electrons. The molecule has 0 saturated heterocycles. The van der Waals surface area contributed by atoms with Crippen molar-refractivity contribution in [1.82, 2.24) is 0 Å². The SMILES string of the molecule is O=C(CNc1ccccc1Br)Nc1ccc(Cl)c(Cl)c1. The minimum Gasteiger partial charge on any atom is -0.375 e. The van der Waals surface area contributed by atoms with Gasteiger partial charge in [-0.15, -0.1) is 0 Å². The van der Waals surface area contributed by atoms with Crippen LogP contribution in [0.25, 0.3) is 0 Å². The van der Waals surface area contributed by atoms with Gasteiger partial charge in [-0.1, -0.05) is 35.3 Å². The molecule has 0 bridgehead atoms. The van der Waals surface area contributed by atoms with Gasteiger partial charge in [0, 0.05) is 15.8 Å². The van der Waals surface area contributed by atoms with Crippen LogP contribution in [0.2, 0.25) is 10.0 Å². The Bertz CT molecular complexity index is 634. The molecule has 2 N–H and O–H groups in total. The Balaban J connectivity index is 1.93. The van der Waals surface area contributed by atoms with Crippen LogP contribution in [0.5, 0.6) is 0 Å². The second-order valence-electron chi connectivity index (χ2n) is 4.01. The average molecular weight is 374 g/mol. The second kappa shape index (κ2) is 6.97. The van der Waals surface area contributed by atoms with Gasteiger partial charge in [0.05, 0.1) is 16.6 Å². The van der Waals surface area contributed by atoms with Crippen LogP contribution in [0.1, 0.15) is 0 Å². The Morgan fingerprint density at radius 3 is 2.55 bits per heavy atom. The molecule has 0 aliphatic heterocycles. The van der Waals surface area contributed by atoms with Gasteiger partial charge in [0.2, 0.25) is 5.91 Å². The number of amides is 1. The average Bonchev–Trinajstić information content (AvgIpc) is 2.42. The van der Waals surface area contributed by atoms with Crippen molar-refractivity contribution in [3.05, 3.63) is 57.0 Å². The number of carbonyl (C=O) groups is 1. The molecule has 0 heterocycles. The highest BCUT2D eigenvalue weighted by atomic mass is 79.9. The molecule has 0 aliphatic rings. The molecular formula is C14H11BrCl2N2O. The summed E-state index contributed by atoms with van der Waals surface area (Å²) in [5.41, 5.74) is 1.47. The van der Waals surface area contributed by atoms with Crippen LogP contribution in [0.3, 0.4) is 0 Å². The van der Waals surface area contributed by atoms with Gasteiger partial charge < -0.3 is 10.6 Å². The number of hydrogen-bond donors (Lipinski definition) is 2. The maximum Gasteiger partial charge on any atom is 0.243 e. The zero-order chi connectivity index (χ0) is 14.5. The predicted molar refractivity (Wildman–Crippen MR) is 87.7 cm³/mol. The summed E-state index contributed by atoms with van der Waals surface area (Å²) in [6, 6.07) is 12.5. The third-order valence-electron chi connectivity index (χ3n) is 2.52. The van der Waals surface area contributed by atoms with Crippen molar-refractivity contribution >= 4 is 56.4 Å². The van der Waals surface area contributed by atoms with Crippen molar-refractivity contribution in [2.24, 2.45) is 0 Å². The van der Waals surface area contributed by atoms with Crippen LogP contribution >= 0.6 is 39.1 Å². The number of anilines is 2. The van der Waals surface area contributed by atoms with Crippen LogP contribution in [0.4, 0.5) is 11.4 Å². The minimum atomic E-state index is -0.167. The van der Waals surface area contributed by atoms with E-state index in [-0.39, 0.29) is 12.5 Å². The van der Waals surface area contributed by atoms with E-state index in [0.717, 1.165) is 10.2 Å². The first-order chi connectivity index (χ1) is 9.56. The predicted octanol–water partition coefficient (Wildman–Crippen LogP) is 4.81. The zero-order valence-corrected chi connectivity index (χ0v) is 13.4. The molecule has 0 spiro atoms. The summed E-state index contributed by atoms with van der Waals surface area (Å²) in [4.78, 5) is 11.8. The molecular weight excluding hydrogens is 363 g/mol. The highest BCUT2D eigenvalue weighted by Crippen LogP contribution is 2.25. The highest BCUT2D eigenvalue weighted by Gasteiger charge is 2.05. The summed E-state index contributed by atoms with van der Waals surface area (Å²) in [6.45, 7) is 0.156. The minimum absolute atomic E-state index is 0.156. The first-order valence-electron chi connectivity index (χ1n) is 5.79. The van der Waals surface area contributed by atoms with E-state index in [1.54, 1.807) is 18.2 Å². The molecule has 3 nitrogen and oxygen atoms in total. The van der Waals surface area contributed by atoms with Crippen LogP contribution in [0, 0.1) is 0 Å². The fraction of sp³-hybridized carbons (Fsp3) is 0.0714. The van der Waals surface area contributed by atoms with Gasteiger partial charge in [-0.2, -0.15) is 0 Å². The van der Waals surface area contributed by atoms with E-state index in [1.807, 2.05) is 24.3 Å². The molecule has 0 radical (unpaired) electrons. The smallest absolute Gasteiger partial charge is 0.243 e. The van der Waals surface area contributed by atoms with Crippen molar-refractivity contribution in [1.29, 1.82) is 0 Å². The molecule has 0 unspecified atom stereocenters. The maximum absolute atomic E-state index is 11.8. The Morgan fingerprint density at radius 1 is 1.10 bits per heavy atom. The molecule has 0 fully saturated rings. The zero-order valence-electron chi connectivity index (χ0n) is 10.3. The van der Waals surface area contributed by atoms with Gasteiger partial charge in [-0.05, 0) is 46.3 Å². The van der Waals surface area contributed by atoms with Crippen LogP contribution in [-0.2, 0) is 4.79 Å². The fourth-order valence-corrected chi connectivity index (χ4v) is 2.28. The Morgan fingerprint density at radius 2 is 1.85 bits per heavy atom. The molecule has 2 aromatic rings. The first-order valence-corrected chi connectivity index (χ1v) is 7.34. The largest absolute Gasteiger partial charge is 0.375 e. The standard InChI is InChI=1S/C14H11BrCl2N2O/c15-10-3-1-2-4-13(10)18-8-14(20)19-9-5-6-11(16)12(17)7-9/h1-7,18H,8H2,(H,19,20). The normalized spacial score (nSPS) is 10.2. The van der Waals surface area contributed by atoms with Crippen molar-refractivity contribution < 1.29 is 4.79 Å². The van der Waals surface area contributed by atoms with E-state index >= 15 is 0 Å². The van der Waals surface area contributed by atoms with E-state index in [1.165, 1.54) is 0 Å². The second-order valence-corrected chi connectivity index (χ2v) is 5.68. The molecule has 0 atom stereocenters. The van der Waals surface area contributed by atoms with Crippen molar-refractivity contribution in [2.45, 2.75) is 0 Å². The van der Waals surface area contributed by atoms with E-state index in [9.17, 15) is 4.79 Å². The number of nitrogens with one attached hydrogen (secondary N) is 2. The molecule has 0 aliphatic carbocycles. The van der Waals surface area contributed by atoms with E-state index in [2.05, 4.69) is 26.6 Å². The summed E-state index contributed by atoms with van der Waals surface area (Å²) in [6.07, 6.45) is 0. The van der Waals surface area contributed by atoms with Gasteiger partial charge in [-0.3, -0.25) is 4.79 Å². The van der Waals surface area contributed by atoms with Crippen LogP contribution < -0.4 is 10.6 Å². The third-order valence-corrected chi connectivity index (χ3v) is 3.95. The monoisotopic (exact) mass is 372 g/mol. The van der Waals surface area contributed by atoms with Crippen molar-refractivity contribution in [3.8, 4) is 0 Å². The van der Waals surface area contributed by atoms with E-state index < -0.39 is 0 Å². The van der Waals surface area contributed by atoms with Crippen LogP contribution in [0.15, 0.2) is 46.9 Å². The first kappa shape index (κ1) is 15.2. The Hall–Kier alpha value is -1.23. The lowest BCUT2D eigenvalue weighted by Gasteiger charge is -2.09. The molecule has 20 heavy (non-hydrogen) atoms. The van der Waals surface area contributed by atoms with Gasteiger partial charge in [0.15, 0.2) is 0 Å². The third kappa shape index (κ3) is 4.13. The lowest BCUT2D eigenvalue weighted by molar-refractivity contribution is -0.114. The summed E-state index contributed by atoms with van der Waals surface area (Å²) < 4.78 is 0.905. The number of benzene rings is 2. The van der Waals surface area contributed by atoms with Gasteiger partial charge in [-0.25, -0.2) is 0 Å². The summed E-state index contributed by atoms with van der Waals surface area (Å²) in [7, 11) is 0. The molecule has 1 amide bonds. The van der Waals surface area contributed by atoms with E-state index in [0.29, 0.717) is 15.7 Å². The number of hydrogen-bond acceptors (Lipinski definition) is 2. The molecule has 6 heteroatoms. The molecule has 0 saturated carbocycles. The topological polar surface area (TPSA) is 41.1 Å². The van der Waals surface area contributed by atoms with Gasteiger partial charge >= 0.3 is 0 Å². The number of para-hydroxylation sites is 1. The summed E-state index contributed by atoms with van der Waals surface area (Å²) in [5.74, 6) is -0.167. The maximum atomic E-state index is 11.8. The Labute approximate surface area is 135 Å². The van der Waals surface area contributed by atoms with E-state index in [4.69, 9.17) is 23.2 Å². The van der Waals surface area contributed by atoms with Crippen molar-refractivity contribution in [2.75, 3.05) is 17.2 Å². The quantitative estimate of drug-likeness (QED) is 0.807. The number of carbonyl (C=O) groups excluding carboxylic acids is 1. The lowest BCUT2D eigenvalue weighted by atomic mass is 10.3. The van der Waals surface area contributed by atoms with Crippen molar-refractivity contribution in [3.63, 3.8) is 0 Å². The molecule has 2 rings (SSSR count). The van der Waals surface area contributed by atoms with Gasteiger partial charge in [0.1, 0.15) is 0 Å². The summed E-state index contributed by atoms with van der Waals surface area (Å²) >= 11 is 15.1. The number of rotatable bonds is 4. The Kier molecular flexibility index (Phi) is 5.29. The summed E-state index contributed by atoms with van der Waals surface area (Å²) in [5, 5.41) is 6.64. The molecule has 0 aromatic heterocycles. The van der Waals surface area contributed by atoms with Crippen LogP contribution in [-0.4, -0.2) is 12.5 Å². The fourth-order valence-electron chi connectivity index (χ4n) is 1.56. The van der Waals surface area contributed by atoms with Gasteiger partial charge in [0.25, 0.3) is 0 Å². The number of halogens is 3.